The van der Waals surface area contributed by atoms with Crippen LogP contribution < -0.4 is 0 Å². The quantitative estimate of drug-likeness (QED) is 0.273. The van der Waals surface area contributed by atoms with Gasteiger partial charge in [0, 0.05) is 44.0 Å². The molecule has 0 saturated heterocycles. The predicted octanol–water partition coefficient (Wildman–Crippen LogP) is 5.23. The Morgan fingerprint density at radius 3 is 2.76 bits per heavy atom. The highest BCUT2D eigenvalue weighted by Crippen LogP contribution is 2.30. The minimum absolute atomic E-state index is 0.654. The van der Waals surface area contributed by atoms with Crippen molar-refractivity contribution in [2.45, 2.75) is 23.9 Å². The topological polar surface area (TPSA) is 57.2 Å². The second-order valence-electron chi connectivity index (χ2n) is 6.42. The molecule has 29 heavy (non-hydrogen) atoms. The summed E-state index contributed by atoms with van der Waals surface area (Å²) in [5.41, 5.74) is 2.68. The molecule has 0 atom stereocenters. The minimum atomic E-state index is 0.654. The lowest BCUT2D eigenvalue weighted by Gasteiger charge is -2.10. The number of rotatable bonds is 8. The summed E-state index contributed by atoms with van der Waals surface area (Å²) in [6, 6.07) is 11.4. The number of fused-ring (bicyclic) bond motifs is 1. The molecule has 0 N–H and O–H groups in total. The normalized spacial score (nSPS) is 11.4. The maximum atomic E-state index is 6.40. The number of nitrogens with zero attached hydrogens (tertiary/aromatic N) is 5. The van der Waals surface area contributed by atoms with E-state index in [1.807, 2.05) is 53.2 Å². The first kappa shape index (κ1) is 20.2. The zero-order chi connectivity index (χ0) is 20.2. The number of pyridine rings is 1. The standard InChI is InChI=1S/C20H19Cl2N5OS/c1-28-10-4-9-27-19(16-5-2-3-6-17(16)22)24-25-20(27)29-13-15-12-26-11-14(21)7-8-18(26)23-15/h2-3,5-8,11-12H,4,9-10,13H2,1H3. The number of imidazole rings is 1. The van der Waals surface area contributed by atoms with E-state index in [4.69, 9.17) is 27.9 Å². The van der Waals surface area contributed by atoms with Gasteiger partial charge in [-0.1, -0.05) is 47.1 Å². The SMILES string of the molecule is COCCCn1c(SCc2cn3cc(Cl)ccc3n2)nnc1-c1ccccc1Cl. The lowest BCUT2D eigenvalue weighted by Crippen LogP contribution is -2.05. The Morgan fingerprint density at radius 1 is 1.07 bits per heavy atom. The maximum absolute atomic E-state index is 6.40. The molecule has 0 radical (unpaired) electrons. The van der Waals surface area contributed by atoms with Crippen LogP contribution in [0, 0.1) is 0 Å². The fraction of sp³-hybridized carbons (Fsp3) is 0.250. The van der Waals surface area contributed by atoms with Crippen LogP contribution in [0.15, 0.2) is 53.9 Å². The average molecular weight is 448 g/mol. The van der Waals surface area contributed by atoms with Crippen LogP contribution in [0.5, 0.6) is 0 Å². The van der Waals surface area contributed by atoms with Crippen LogP contribution in [-0.2, 0) is 17.0 Å². The van der Waals surface area contributed by atoms with Crippen molar-refractivity contribution >= 4 is 40.6 Å². The summed E-state index contributed by atoms with van der Waals surface area (Å²) in [5.74, 6) is 1.43. The summed E-state index contributed by atoms with van der Waals surface area (Å²) in [6.45, 7) is 1.40. The highest BCUT2D eigenvalue weighted by atomic mass is 35.5. The Kier molecular flexibility index (Phi) is 6.40. The maximum Gasteiger partial charge on any atom is 0.191 e. The van der Waals surface area contributed by atoms with Crippen LogP contribution in [0.4, 0.5) is 0 Å². The highest BCUT2D eigenvalue weighted by molar-refractivity contribution is 7.98. The van der Waals surface area contributed by atoms with E-state index < -0.39 is 0 Å². The molecule has 150 valence electrons. The molecule has 4 aromatic rings. The van der Waals surface area contributed by atoms with Gasteiger partial charge in [0.05, 0.1) is 15.7 Å². The van der Waals surface area contributed by atoms with E-state index >= 15 is 0 Å². The number of methoxy groups -OCH3 is 1. The van der Waals surface area contributed by atoms with Gasteiger partial charge in [-0.2, -0.15) is 0 Å². The van der Waals surface area contributed by atoms with Gasteiger partial charge < -0.3 is 13.7 Å². The lowest BCUT2D eigenvalue weighted by molar-refractivity contribution is 0.189. The number of ether oxygens (including phenoxy) is 1. The summed E-state index contributed by atoms with van der Waals surface area (Å²) >= 11 is 14.1. The first-order valence-corrected chi connectivity index (χ1v) is 10.8. The van der Waals surface area contributed by atoms with Crippen molar-refractivity contribution in [2.24, 2.45) is 0 Å². The number of hydrogen-bond donors (Lipinski definition) is 0. The van der Waals surface area contributed by atoms with Gasteiger partial charge in [0.1, 0.15) is 5.65 Å². The Morgan fingerprint density at radius 2 is 1.93 bits per heavy atom. The van der Waals surface area contributed by atoms with Gasteiger partial charge in [0.25, 0.3) is 0 Å². The summed E-state index contributed by atoms with van der Waals surface area (Å²) < 4.78 is 9.23. The Balaban J connectivity index is 1.59. The lowest BCUT2D eigenvalue weighted by atomic mass is 10.2. The van der Waals surface area contributed by atoms with Gasteiger partial charge in [0.15, 0.2) is 11.0 Å². The van der Waals surface area contributed by atoms with Crippen LogP contribution in [0.1, 0.15) is 12.1 Å². The summed E-state index contributed by atoms with van der Waals surface area (Å²) in [4.78, 5) is 4.64. The first-order chi connectivity index (χ1) is 14.2. The van der Waals surface area contributed by atoms with E-state index in [1.165, 1.54) is 0 Å². The predicted molar refractivity (Wildman–Crippen MR) is 117 cm³/mol. The molecule has 3 heterocycles. The van der Waals surface area contributed by atoms with E-state index in [-0.39, 0.29) is 0 Å². The van der Waals surface area contributed by atoms with Gasteiger partial charge in [-0.25, -0.2) is 4.98 Å². The molecule has 0 saturated carbocycles. The monoisotopic (exact) mass is 447 g/mol. The van der Waals surface area contributed by atoms with Crippen LogP contribution in [0.2, 0.25) is 10.0 Å². The summed E-state index contributed by atoms with van der Waals surface area (Å²) in [5, 5.41) is 11.0. The number of hydrogen-bond acceptors (Lipinski definition) is 5. The summed E-state index contributed by atoms with van der Waals surface area (Å²) in [7, 11) is 1.70. The molecule has 9 heteroatoms. The van der Waals surface area contributed by atoms with E-state index in [0.717, 1.165) is 40.9 Å². The third-order valence-electron chi connectivity index (χ3n) is 4.38. The van der Waals surface area contributed by atoms with Gasteiger partial charge >= 0.3 is 0 Å². The van der Waals surface area contributed by atoms with Crippen LogP contribution >= 0.6 is 35.0 Å². The van der Waals surface area contributed by atoms with Gasteiger partial charge in [0.2, 0.25) is 0 Å². The van der Waals surface area contributed by atoms with Crippen molar-refractivity contribution in [1.82, 2.24) is 24.1 Å². The van der Waals surface area contributed by atoms with Crippen molar-refractivity contribution in [2.75, 3.05) is 13.7 Å². The fourth-order valence-electron chi connectivity index (χ4n) is 3.03. The number of aromatic nitrogens is 5. The smallest absolute Gasteiger partial charge is 0.191 e. The van der Waals surface area contributed by atoms with Gasteiger partial charge in [-0.3, -0.25) is 0 Å². The van der Waals surface area contributed by atoms with Crippen molar-refractivity contribution in [1.29, 1.82) is 0 Å². The largest absolute Gasteiger partial charge is 0.385 e. The van der Waals surface area contributed by atoms with E-state index in [1.54, 1.807) is 18.9 Å². The summed E-state index contributed by atoms with van der Waals surface area (Å²) in [6.07, 6.45) is 4.68. The Hall–Kier alpha value is -2.06. The van der Waals surface area contributed by atoms with Crippen molar-refractivity contribution in [3.63, 3.8) is 0 Å². The van der Waals surface area contributed by atoms with Crippen LogP contribution in [0.25, 0.3) is 17.0 Å². The van der Waals surface area contributed by atoms with Crippen molar-refractivity contribution in [3.8, 4) is 11.4 Å². The molecule has 0 bridgehead atoms. The Bertz CT molecular complexity index is 1130. The molecule has 6 nitrogen and oxygen atoms in total. The molecule has 0 aliphatic carbocycles. The highest BCUT2D eigenvalue weighted by Gasteiger charge is 2.17. The molecule has 0 aliphatic heterocycles. The average Bonchev–Trinajstić information content (AvgIpc) is 3.30. The van der Waals surface area contributed by atoms with Gasteiger partial charge in [-0.15, -0.1) is 10.2 Å². The van der Waals surface area contributed by atoms with Crippen LogP contribution in [0.3, 0.4) is 0 Å². The molecule has 1 aromatic carbocycles. The molecule has 0 spiro atoms. The molecule has 0 aliphatic rings. The molecule has 0 unspecified atom stereocenters. The van der Waals surface area contributed by atoms with E-state index in [2.05, 4.69) is 19.7 Å². The third-order valence-corrected chi connectivity index (χ3v) is 5.93. The minimum Gasteiger partial charge on any atom is -0.385 e. The van der Waals surface area contributed by atoms with E-state index in [9.17, 15) is 0 Å². The number of thioether (sulfide) groups is 1. The van der Waals surface area contributed by atoms with Crippen molar-refractivity contribution in [3.05, 3.63) is 64.5 Å². The number of halogens is 2. The molecule has 0 amide bonds. The molecular formula is C20H19Cl2N5OS. The van der Waals surface area contributed by atoms with Crippen molar-refractivity contribution < 1.29 is 4.74 Å². The zero-order valence-corrected chi connectivity index (χ0v) is 18.1. The molecule has 0 fully saturated rings. The second kappa shape index (κ2) is 9.17. The molecule has 3 aromatic heterocycles. The zero-order valence-electron chi connectivity index (χ0n) is 15.8. The fourth-order valence-corrected chi connectivity index (χ4v) is 4.27. The third kappa shape index (κ3) is 4.59. The number of benzene rings is 1. The van der Waals surface area contributed by atoms with Crippen LogP contribution in [-0.4, -0.2) is 37.9 Å². The molecule has 4 rings (SSSR count). The van der Waals surface area contributed by atoms with Gasteiger partial charge in [-0.05, 0) is 30.7 Å². The second-order valence-corrected chi connectivity index (χ2v) is 8.20. The first-order valence-electron chi connectivity index (χ1n) is 9.08. The molecular weight excluding hydrogens is 429 g/mol. The van der Waals surface area contributed by atoms with E-state index in [0.29, 0.717) is 22.4 Å². The Labute approximate surface area is 182 Å².